The Hall–Kier alpha value is -4.32. The third kappa shape index (κ3) is 4.65. The number of hydrogen-bond acceptors (Lipinski definition) is 3. The fourth-order valence-corrected chi connectivity index (χ4v) is 3.87. The maximum absolute atomic E-state index is 12.8. The van der Waals surface area contributed by atoms with Crippen molar-refractivity contribution < 1.29 is 4.79 Å². The fraction of sp³-hybridized carbons (Fsp3) is 0.0741. The molecule has 0 saturated carbocycles. The average Bonchev–Trinajstić information content (AvgIpc) is 3.17. The van der Waals surface area contributed by atoms with Gasteiger partial charge in [0.25, 0.3) is 5.91 Å². The van der Waals surface area contributed by atoms with Crippen LogP contribution >= 0.6 is 11.6 Å². The molecular formula is C27H19ClN4O. The largest absolute Gasteiger partial charge is 0.342 e. The zero-order chi connectivity index (χ0) is 23.4. The molecular weight excluding hydrogens is 432 g/mol. The number of hydrogen-bond donors (Lipinski definition) is 1. The normalized spacial score (nSPS) is 11.1. The lowest BCUT2D eigenvalue weighted by molar-refractivity contribution is -0.112. The van der Waals surface area contributed by atoms with Gasteiger partial charge in [0.1, 0.15) is 11.6 Å². The number of fused-ring (bicyclic) bond motifs is 1. The molecule has 0 fully saturated rings. The summed E-state index contributed by atoms with van der Waals surface area (Å²) < 4.78 is 2.02. The number of carbonyl (C=O) groups is 1. The van der Waals surface area contributed by atoms with Crippen LogP contribution in [-0.2, 0) is 11.3 Å². The molecule has 1 aromatic heterocycles. The van der Waals surface area contributed by atoms with Crippen LogP contribution in [0.4, 0.5) is 5.69 Å². The second-order valence-corrected chi connectivity index (χ2v) is 8.02. The third-order valence-electron chi connectivity index (χ3n) is 5.41. The molecule has 3 aromatic carbocycles. The second-order valence-electron chi connectivity index (χ2n) is 7.58. The van der Waals surface area contributed by atoms with Gasteiger partial charge in [-0.3, -0.25) is 4.79 Å². The van der Waals surface area contributed by atoms with Gasteiger partial charge >= 0.3 is 0 Å². The predicted octanol–water partition coefficient (Wildman–Crippen LogP) is 6.07. The van der Waals surface area contributed by atoms with E-state index in [0.29, 0.717) is 22.8 Å². The van der Waals surface area contributed by atoms with E-state index in [9.17, 15) is 15.3 Å². The van der Waals surface area contributed by atoms with E-state index in [-0.39, 0.29) is 5.57 Å². The Bertz CT molecular complexity index is 1480. The first-order valence-electron chi connectivity index (χ1n) is 10.3. The molecule has 0 aliphatic carbocycles. The number of carbonyl (C=O) groups excluding carboxylic acids is 1. The lowest BCUT2D eigenvalue weighted by atomic mass is 10.1. The number of nitriles is 2. The summed E-state index contributed by atoms with van der Waals surface area (Å²) in [5, 5.41) is 23.3. The van der Waals surface area contributed by atoms with Crippen molar-refractivity contribution >= 4 is 40.2 Å². The predicted molar refractivity (Wildman–Crippen MR) is 131 cm³/mol. The van der Waals surface area contributed by atoms with Crippen molar-refractivity contribution in [2.45, 2.75) is 13.5 Å². The highest BCUT2D eigenvalue weighted by Crippen LogP contribution is 2.26. The summed E-state index contributed by atoms with van der Waals surface area (Å²) in [6.07, 6.45) is 3.48. The number of para-hydroxylation sites is 1. The molecule has 0 aliphatic heterocycles. The molecule has 1 N–H and O–H groups in total. The Balaban J connectivity index is 1.71. The van der Waals surface area contributed by atoms with Crippen LogP contribution in [0.5, 0.6) is 0 Å². The lowest BCUT2D eigenvalue weighted by Crippen LogP contribution is -2.14. The molecule has 4 aromatic rings. The summed E-state index contributed by atoms with van der Waals surface area (Å²) in [5.74, 6) is -0.505. The van der Waals surface area contributed by atoms with Gasteiger partial charge in [-0.25, -0.2) is 0 Å². The molecule has 0 bridgehead atoms. The molecule has 0 spiro atoms. The Morgan fingerprint density at radius 2 is 1.85 bits per heavy atom. The fourth-order valence-electron chi connectivity index (χ4n) is 3.69. The van der Waals surface area contributed by atoms with Crippen LogP contribution in [0.1, 0.15) is 22.3 Å². The van der Waals surface area contributed by atoms with E-state index in [2.05, 4.69) is 11.4 Å². The van der Waals surface area contributed by atoms with E-state index >= 15 is 0 Å². The summed E-state index contributed by atoms with van der Waals surface area (Å²) in [4.78, 5) is 12.8. The molecule has 0 atom stereocenters. The van der Waals surface area contributed by atoms with Crippen molar-refractivity contribution in [1.82, 2.24) is 4.57 Å². The van der Waals surface area contributed by atoms with Gasteiger partial charge < -0.3 is 9.88 Å². The number of anilines is 1. The topological polar surface area (TPSA) is 81.6 Å². The van der Waals surface area contributed by atoms with Crippen molar-refractivity contribution in [3.8, 4) is 12.1 Å². The summed E-state index contributed by atoms with van der Waals surface area (Å²) in [5.41, 5.74) is 4.58. The van der Waals surface area contributed by atoms with Crippen molar-refractivity contribution in [2.24, 2.45) is 0 Å². The number of rotatable bonds is 5. The summed E-state index contributed by atoms with van der Waals surface area (Å²) in [6, 6.07) is 24.7. The van der Waals surface area contributed by atoms with Crippen LogP contribution < -0.4 is 5.32 Å². The Morgan fingerprint density at radius 1 is 1.09 bits per heavy atom. The van der Waals surface area contributed by atoms with Gasteiger partial charge in [-0.1, -0.05) is 54.1 Å². The van der Waals surface area contributed by atoms with E-state index in [1.807, 2.05) is 66.2 Å². The standard InChI is InChI=1S/C27H19ClN4O/c1-18-10-11-23(28)13-25(18)31-27(33)21(15-30)12-22-17-32(26-9-5-4-8-24(22)26)16-20-7-3-2-6-19(20)14-29/h2-13,17H,16H2,1H3,(H,31,33)/b21-12+. The molecule has 1 amide bonds. The van der Waals surface area contributed by atoms with Gasteiger partial charge in [0, 0.05) is 39.9 Å². The quantitative estimate of drug-likeness (QED) is 0.296. The minimum atomic E-state index is -0.505. The summed E-state index contributed by atoms with van der Waals surface area (Å²) in [7, 11) is 0. The maximum atomic E-state index is 12.8. The zero-order valence-electron chi connectivity index (χ0n) is 17.8. The molecule has 0 radical (unpaired) electrons. The van der Waals surface area contributed by atoms with Gasteiger partial charge in [-0.15, -0.1) is 0 Å². The van der Waals surface area contributed by atoms with Crippen LogP contribution in [0.2, 0.25) is 5.02 Å². The van der Waals surface area contributed by atoms with Gasteiger partial charge in [0.15, 0.2) is 0 Å². The minimum Gasteiger partial charge on any atom is -0.342 e. The highest BCUT2D eigenvalue weighted by atomic mass is 35.5. The molecule has 160 valence electrons. The van der Waals surface area contributed by atoms with Crippen LogP contribution in [0.3, 0.4) is 0 Å². The Kier molecular flexibility index (Phi) is 6.26. The molecule has 0 unspecified atom stereocenters. The molecule has 0 saturated heterocycles. The van der Waals surface area contributed by atoms with Crippen LogP contribution in [-0.4, -0.2) is 10.5 Å². The van der Waals surface area contributed by atoms with Gasteiger partial charge in [-0.2, -0.15) is 10.5 Å². The number of aromatic nitrogens is 1. The van der Waals surface area contributed by atoms with Crippen molar-refractivity contribution in [3.63, 3.8) is 0 Å². The van der Waals surface area contributed by atoms with E-state index in [1.54, 1.807) is 30.3 Å². The zero-order valence-corrected chi connectivity index (χ0v) is 18.6. The van der Waals surface area contributed by atoms with Crippen molar-refractivity contribution in [3.05, 3.63) is 106 Å². The van der Waals surface area contributed by atoms with E-state index < -0.39 is 5.91 Å². The van der Waals surface area contributed by atoms with Crippen molar-refractivity contribution in [1.29, 1.82) is 10.5 Å². The summed E-state index contributed by atoms with van der Waals surface area (Å²) in [6.45, 7) is 2.35. The first-order chi connectivity index (χ1) is 16.0. The highest BCUT2D eigenvalue weighted by molar-refractivity contribution is 6.31. The number of benzene rings is 3. The molecule has 5 nitrogen and oxygen atoms in total. The first kappa shape index (κ1) is 21.9. The minimum absolute atomic E-state index is 0.0188. The molecule has 6 heteroatoms. The smallest absolute Gasteiger partial charge is 0.266 e. The third-order valence-corrected chi connectivity index (χ3v) is 5.65. The number of halogens is 1. The van der Waals surface area contributed by atoms with Gasteiger partial charge in [0.05, 0.1) is 11.6 Å². The maximum Gasteiger partial charge on any atom is 0.266 e. The SMILES string of the molecule is Cc1ccc(Cl)cc1NC(=O)/C(C#N)=C/c1cn(Cc2ccccc2C#N)c2ccccc12. The van der Waals surface area contributed by atoms with Crippen LogP contribution in [0.15, 0.2) is 78.5 Å². The second kappa shape index (κ2) is 9.44. The van der Waals surface area contributed by atoms with E-state index in [0.717, 1.165) is 27.6 Å². The average molecular weight is 451 g/mol. The number of nitrogens with zero attached hydrogens (tertiary/aromatic N) is 3. The number of amides is 1. The molecule has 1 heterocycles. The Morgan fingerprint density at radius 3 is 2.64 bits per heavy atom. The monoisotopic (exact) mass is 450 g/mol. The Labute approximate surface area is 196 Å². The first-order valence-corrected chi connectivity index (χ1v) is 10.6. The van der Waals surface area contributed by atoms with E-state index in [4.69, 9.17) is 11.6 Å². The van der Waals surface area contributed by atoms with Crippen molar-refractivity contribution in [2.75, 3.05) is 5.32 Å². The molecule has 4 rings (SSSR count). The van der Waals surface area contributed by atoms with Gasteiger partial charge in [0.2, 0.25) is 0 Å². The van der Waals surface area contributed by atoms with Crippen LogP contribution in [0, 0.1) is 29.6 Å². The highest BCUT2D eigenvalue weighted by Gasteiger charge is 2.14. The lowest BCUT2D eigenvalue weighted by Gasteiger charge is -2.08. The summed E-state index contributed by atoms with van der Waals surface area (Å²) >= 11 is 6.05. The number of nitrogens with one attached hydrogen (secondary N) is 1. The number of aryl methyl sites for hydroxylation is 1. The van der Waals surface area contributed by atoms with Crippen LogP contribution in [0.25, 0.3) is 17.0 Å². The van der Waals surface area contributed by atoms with Gasteiger partial charge in [-0.05, 0) is 48.4 Å². The van der Waals surface area contributed by atoms with E-state index in [1.165, 1.54) is 0 Å². The molecule has 33 heavy (non-hydrogen) atoms. The molecule has 0 aliphatic rings.